The van der Waals surface area contributed by atoms with Crippen LogP contribution >= 0.6 is 22.7 Å². The molecule has 0 atom stereocenters. The molecule has 2 aromatic heterocycles. The molecule has 0 spiro atoms. The minimum Gasteiger partial charge on any atom is -0.135 e. The highest BCUT2D eigenvalue weighted by atomic mass is 32.1. The molecule has 9 aromatic carbocycles. The Labute approximate surface area is 315 Å². The van der Waals surface area contributed by atoms with E-state index in [1.807, 2.05) is 22.7 Å². The van der Waals surface area contributed by atoms with Crippen LogP contribution < -0.4 is 0 Å². The third-order valence-corrected chi connectivity index (χ3v) is 14.3. The molecule has 53 heavy (non-hydrogen) atoms. The first kappa shape index (κ1) is 29.7. The lowest BCUT2D eigenvalue weighted by atomic mass is 9.78. The lowest BCUT2D eigenvalue weighted by molar-refractivity contribution is 0.666. The summed E-state index contributed by atoms with van der Waals surface area (Å²) in [4.78, 5) is 0. The first-order valence-corrected chi connectivity index (χ1v) is 20.1. The molecule has 0 radical (unpaired) electrons. The van der Waals surface area contributed by atoms with Gasteiger partial charge in [-0.25, -0.2) is 0 Å². The van der Waals surface area contributed by atoms with Crippen LogP contribution in [0.4, 0.5) is 0 Å². The summed E-state index contributed by atoms with van der Waals surface area (Å²) < 4.78 is 5.37. The predicted molar refractivity (Wildman–Crippen MR) is 233 cm³/mol. The fraction of sp³-hybridized carbons (Fsp3) is 0.0588. The second kappa shape index (κ2) is 10.6. The van der Waals surface area contributed by atoms with E-state index in [1.54, 1.807) is 0 Å². The van der Waals surface area contributed by atoms with Gasteiger partial charge in [-0.3, -0.25) is 0 Å². The number of rotatable bonds is 2. The normalized spacial score (nSPS) is 13.6. The predicted octanol–water partition coefficient (Wildman–Crippen LogP) is 15.5. The van der Waals surface area contributed by atoms with Gasteiger partial charge in [0.25, 0.3) is 0 Å². The lowest BCUT2D eigenvalue weighted by Gasteiger charge is -2.25. The van der Waals surface area contributed by atoms with Gasteiger partial charge in [-0.15, -0.1) is 22.7 Å². The van der Waals surface area contributed by atoms with E-state index in [0.29, 0.717) is 0 Å². The summed E-state index contributed by atoms with van der Waals surface area (Å²) in [6, 6.07) is 59.7. The summed E-state index contributed by atoms with van der Waals surface area (Å²) >= 11 is 3.81. The molecule has 0 fully saturated rings. The van der Waals surface area contributed by atoms with Crippen molar-refractivity contribution in [2.45, 2.75) is 19.3 Å². The van der Waals surface area contributed by atoms with E-state index in [9.17, 15) is 0 Å². The smallest absolute Gasteiger partial charge is 0.0361 e. The van der Waals surface area contributed by atoms with Crippen LogP contribution in [0.2, 0.25) is 0 Å². The van der Waals surface area contributed by atoms with Crippen LogP contribution in [0.15, 0.2) is 158 Å². The van der Waals surface area contributed by atoms with Gasteiger partial charge in [-0.2, -0.15) is 0 Å². The Bertz CT molecular complexity index is 3310. The highest BCUT2D eigenvalue weighted by Crippen LogP contribution is 2.56. The van der Waals surface area contributed by atoms with Crippen LogP contribution in [0, 0.1) is 0 Å². The van der Waals surface area contributed by atoms with Crippen molar-refractivity contribution in [2.24, 2.45) is 0 Å². The molecule has 0 unspecified atom stereocenters. The number of benzene rings is 9. The standard InChI is InChI=1S/C51H32S2/c1-51(2)43-20-10-7-13-30(43)41-27-40(38-26-39-32-15-9-12-22-45(32)53-47(39)28-42(38)50(41)51)49-36-18-5-3-16-34(36)48(35-17-4-6-19-37(35)49)29-23-24-33-31-14-8-11-21-44(31)52-46(33)25-29/h3-28H,1-2H3. The second-order valence-electron chi connectivity index (χ2n) is 15.2. The van der Waals surface area contributed by atoms with Gasteiger partial charge in [0.2, 0.25) is 0 Å². The van der Waals surface area contributed by atoms with Gasteiger partial charge < -0.3 is 0 Å². The van der Waals surface area contributed by atoms with Crippen LogP contribution in [0.25, 0.3) is 106 Å². The number of hydrogen-bond donors (Lipinski definition) is 0. The minimum atomic E-state index is -0.119. The van der Waals surface area contributed by atoms with Crippen molar-refractivity contribution in [3.63, 3.8) is 0 Å². The van der Waals surface area contributed by atoms with Crippen molar-refractivity contribution in [1.82, 2.24) is 0 Å². The topological polar surface area (TPSA) is 0 Å². The molecule has 12 rings (SSSR count). The molecular formula is C51H32S2. The summed E-state index contributed by atoms with van der Waals surface area (Å²) in [6.07, 6.45) is 0. The van der Waals surface area contributed by atoms with Gasteiger partial charge in [0.15, 0.2) is 0 Å². The zero-order chi connectivity index (χ0) is 35.0. The molecule has 248 valence electrons. The zero-order valence-corrected chi connectivity index (χ0v) is 31.0. The summed E-state index contributed by atoms with van der Waals surface area (Å²) in [5, 5.41) is 13.2. The largest absolute Gasteiger partial charge is 0.135 e. The van der Waals surface area contributed by atoms with E-state index in [0.717, 1.165) is 0 Å². The molecule has 0 N–H and O–H groups in total. The van der Waals surface area contributed by atoms with Gasteiger partial charge >= 0.3 is 0 Å². The Morgan fingerprint density at radius 1 is 0.340 bits per heavy atom. The Kier molecular flexibility index (Phi) is 5.97. The van der Waals surface area contributed by atoms with Crippen LogP contribution in [0.3, 0.4) is 0 Å². The first-order chi connectivity index (χ1) is 26.0. The minimum absolute atomic E-state index is 0.119. The van der Waals surface area contributed by atoms with Crippen molar-refractivity contribution in [3.05, 3.63) is 169 Å². The Morgan fingerprint density at radius 3 is 1.55 bits per heavy atom. The maximum atomic E-state index is 2.54. The second-order valence-corrected chi connectivity index (χ2v) is 17.3. The summed E-state index contributed by atoms with van der Waals surface area (Å²) in [5.74, 6) is 0. The highest BCUT2D eigenvalue weighted by Gasteiger charge is 2.38. The van der Waals surface area contributed by atoms with Crippen molar-refractivity contribution in [2.75, 3.05) is 0 Å². The summed E-state index contributed by atoms with van der Waals surface area (Å²) in [6.45, 7) is 4.83. The maximum absolute atomic E-state index is 2.54. The van der Waals surface area contributed by atoms with E-state index in [4.69, 9.17) is 0 Å². The summed E-state index contributed by atoms with van der Waals surface area (Å²) in [7, 11) is 0. The Morgan fingerprint density at radius 2 is 0.868 bits per heavy atom. The third kappa shape index (κ3) is 4.00. The average molecular weight is 709 g/mol. The molecule has 0 bridgehead atoms. The van der Waals surface area contributed by atoms with Gasteiger partial charge in [-0.05, 0) is 113 Å². The van der Waals surface area contributed by atoms with Gasteiger partial charge in [0, 0.05) is 45.8 Å². The van der Waals surface area contributed by atoms with Crippen LogP contribution in [-0.4, -0.2) is 0 Å². The zero-order valence-electron chi connectivity index (χ0n) is 29.3. The van der Waals surface area contributed by atoms with E-state index in [2.05, 4.69) is 172 Å². The molecule has 11 aromatic rings. The number of hydrogen-bond acceptors (Lipinski definition) is 2. The van der Waals surface area contributed by atoms with Crippen molar-refractivity contribution < 1.29 is 0 Å². The molecule has 0 aliphatic heterocycles. The van der Waals surface area contributed by atoms with E-state index < -0.39 is 0 Å². The lowest BCUT2D eigenvalue weighted by Crippen LogP contribution is -2.15. The molecule has 0 nitrogen and oxygen atoms in total. The van der Waals surface area contributed by atoms with Gasteiger partial charge in [0.1, 0.15) is 0 Å². The van der Waals surface area contributed by atoms with Gasteiger partial charge in [-0.1, -0.05) is 135 Å². The van der Waals surface area contributed by atoms with Crippen molar-refractivity contribution in [1.29, 1.82) is 0 Å². The highest BCUT2D eigenvalue weighted by molar-refractivity contribution is 7.26. The molecule has 0 saturated carbocycles. The van der Waals surface area contributed by atoms with E-state index in [-0.39, 0.29) is 5.41 Å². The maximum Gasteiger partial charge on any atom is 0.0361 e. The Balaban J connectivity index is 1.24. The first-order valence-electron chi connectivity index (χ1n) is 18.4. The number of thiophene rings is 2. The van der Waals surface area contributed by atoms with Crippen molar-refractivity contribution >= 4 is 95.3 Å². The van der Waals surface area contributed by atoms with E-state index in [1.165, 1.54) is 117 Å². The molecule has 0 saturated heterocycles. The van der Waals surface area contributed by atoms with E-state index >= 15 is 0 Å². The van der Waals surface area contributed by atoms with Gasteiger partial charge in [0.05, 0.1) is 0 Å². The average Bonchev–Trinajstić information content (AvgIpc) is 3.82. The molecule has 2 heterocycles. The molecule has 1 aliphatic carbocycles. The Hall–Kier alpha value is -5.80. The monoisotopic (exact) mass is 708 g/mol. The quantitative estimate of drug-likeness (QED) is 0.157. The summed E-state index contributed by atoms with van der Waals surface area (Å²) in [5.41, 5.74) is 10.7. The SMILES string of the molecule is CC1(C)c2ccccc2-c2cc(-c3c4ccccc4c(-c4ccc5c(c4)sc4ccccc45)c4ccccc34)c3cc4c(cc3c21)sc1ccccc14. The van der Waals surface area contributed by atoms with Crippen molar-refractivity contribution in [3.8, 4) is 33.4 Å². The number of fused-ring (bicyclic) bond motifs is 13. The molecular weight excluding hydrogens is 677 g/mol. The molecule has 0 amide bonds. The third-order valence-electron chi connectivity index (χ3n) is 12.0. The van der Waals surface area contributed by atoms with Crippen LogP contribution in [0.5, 0.6) is 0 Å². The van der Waals surface area contributed by atoms with Crippen LogP contribution in [0.1, 0.15) is 25.0 Å². The van der Waals surface area contributed by atoms with Crippen LogP contribution in [-0.2, 0) is 5.41 Å². The fourth-order valence-corrected chi connectivity index (χ4v) is 12.0. The fourth-order valence-electron chi connectivity index (χ4n) is 9.74. The molecule has 1 aliphatic rings. The molecule has 2 heteroatoms.